The molecule has 162 valence electrons. The second kappa shape index (κ2) is 9.18. The molecule has 2 atom stereocenters. The summed E-state index contributed by atoms with van der Waals surface area (Å²) in [6.07, 6.45) is 0. The van der Waals surface area contributed by atoms with E-state index in [0.717, 1.165) is 16.7 Å². The average molecular weight is 428 g/mol. The second-order valence-electron chi connectivity index (χ2n) is 7.97. The number of hydrogen-bond acceptors (Lipinski definition) is 5. The number of esters is 2. The largest absolute Gasteiger partial charge is 0.460 e. The lowest BCUT2D eigenvalue weighted by Gasteiger charge is -2.17. The van der Waals surface area contributed by atoms with E-state index < -0.39 is 29.2 Å². The first-order valence-corrected chi connectivity index (χ1v) is 10.5. The zero-order valence-electron chi connectivity index (χ0n) is 17.8. The smallest absolute Gasteiger partial charge is 0.325 e. The van der Waals surface area contributed by atoms with E-state index in [0.29, 0.717) is 0 Å². The van der Waals surface area contributed by atoms with Crippen molar-refractivity contribution in [2.24, 2.45) is 11.3 Å². The van der Waals surface area contributed by atoms with Gasteiger partial charge in [0, 0.05) is 5.92 Å². The molecule has 5 nitrogen and oxygen atoms in total. The van der Waals surface area contributed by atoms with Crippen LogP contribution in [0.5, 0.6) is 0 Å². The van der Waals surface area contributed by atoms with Crippen LogP contribution < -0.4 is 0 Å². The van der Waals surface area contributed by atoms with Gasteiger partial charge in [0.05, 0.1) is 5.92 Å². The number of ketones is 1. The van der Waals surface area contributed by atoms with Gasteiger partial charge >= 0.3 is 11.9 Å². The molecule has 0 bridgehead atoms. The fraction of sp³-hybridized carbons (Fsp3) is 0.222. The molecule has 0 aliphatic heterocycles. The molecule has 0 N–H and O–H groups in total. The van der Waals surface area contributed by atoms with Gasteiger partial charge < -0.3 is 9.47 Å². The molecule has 3 aromatic carbocycles. The van der Waals surface area contributed by atoms with Crippen LogP contribution in [-0.2, 0) is 37.1 Å². The maximum atomic E-state index is 13.4. The molecule has 1 saturated carbocycles. The highest BCUT2D eigenvalue weighted by Gasteiger charge is 2.78. The van der Waals surface area contributed by atoms with Crippen LogP contribution in [-0.4, -0.2) is 17.7 Å². The predicted molar refractivity (Wildman–Crippen MR) is 118 cm³/mol. The molecule has 32 heavy (non-hydrogen) atoms. The summed E-state index contributed by atoms with van der Waals surface area (Å²) in [6.45, 7) is 1.43. The van der Waals surface area contributed by atoms with Crippen LogP contribution in [0.25, 0.3) is 0 Å². The van der Waals surface area contributed by atoms with Gasteiger partial charge in [-0.15, -0.1) is 0 Å². The van der Waals surface area contributed by atoms with Crippen molar-refractivity contribution < 1.29 is 23.9 Å². The molecule has 0 aromatic heterocycles. The summed E-state index contributed by atoms with van der Waals surface area (Å²) >= 11 is 0. The number of benzene rings is 3. The minimum Gasteiger partial charge on any atom is -0.460 e. The van der Waals surface area contributed by atoms with Crippen LogP contribution in [0.2, 0.25) is 0 Å². The normalized spacial score (nSPS) is 18.4. The topological polar surface area (TPSA) is 69.7 Å². The van der Waals surface area contributed by atoms with Crippen LogP contribution in [0.1, 0.15) is 29.5 Å². The van der Waals surface area contributed by atoms with E-state index >= 15 is 0 Å². The van der Waals surface area contributed by atoms with Gasteiger partial charge in [-0.2, -0.15) is 0 Å². The first-order valence-electron chi connectivity index (χ1n) is 10.5. The van der Waals surface area contributed by atoms with E-state index in [9.17, 15) is 14.4 Å². The molecule has 5 heteroatoms. The van der Waals surface area contributed by atoms with Gasteiger partial charge in [0.15, 0.2) is 5.41 Å². The van der Waals surface area contributed by atoms with Crippen LogP contribution in [0.3, 0.4) is 0 Å². The van der Waals surface area contributed by atoms with Gasteiger partial charge in [0.2, 0.25) is 0 Å². The first-order chi connectivity index (χ1) is 15.5. The van der Waals surface area contributed by atoms with Crippen LogP contribution in [0.15, 0.2) is 91.0 Å². The van der Waals surface area contributed by atoms with Crippen molar-refractivity contribution in [2.45, 2.75) is 26.1 Å². The van der Waals surface area contributed by atoms with E-state index in [4.69, 9.17) is 9.47 Å². The lowest BCUT2D eigenvalue weighted by atomic mass is 9.98. The highest BCUT2D eigenvalue weighted by Crippen LogP contribution is 2.66. The van der Waals surface area contributed by atoms with Crippen LogP contribution in [0, 0.1) is 11.3 Å². The Hall–Kier alpha value is -3.73. The zero-order valence-corrected chi connectivity index (χ0v) is 17.8. The summed E-state index contributed by atoms with van der Waals surface area (Å²) in [4.78, 5) is 39.3. The minimum atomic E-state index is -1.68. The molecule has 3 aromatic rings. The fourth-order valence-corrected chi connectivity index (χ4v) is 4.34. The molecular formula is C27H24O5. The van der Waals surface area contributed by atoms with Crippen molar-refractivity contribution >= 4 is 17.7 Å². The van der Waals surface area contributed by atoms with Gasteiger partial charge in [-0.3, -0.25) is 14.4 Å². The van der Waals surface area contributed by atoms with E-state index in [1.54, 1.807) is 0 Å². The Kier molecular flexibility index (Phi) is 6.17. The molecule has 0 spiro atoms. The van der Waals surface area contributed by atoms with Crippen molar-refractivity contribution in [1.82, 2.24) is 0 Å². The van der Waals surface area contributed by atoms with E-state index in [-0.39, 0.29) is 19.0 Å². The van der Waals surface area contributed by atoms with Crippen LogP contribution >= 0.6 is 0 Å². The Bertz CT molecular complexity index is 1040. The highest BCUT2D eigenvalue weighted by atomic mass is 16.6. The summed E-state index contributed by atoms with van der Waals surface area (Å²) in [7, 11) is 0. The lowest BCUT2D eigenvalue weighted by molar-refractivity contribution is -0.168. The summed E-state index contributed by atoms with van der Waals surface area (Å²) in [5, 5.41) is 0. The highest BCUT2D eigenvalue weighted by molar-refractivity contribution is 6.12. The summed E-state index contributed by atoms with van der Waals surface area (Å²) in [5.74, 6) is -3.14. The molecule has 0 saturated heterocycles. The first kappa shape index (κ1) is 21.5. The molecule has 0 amide bonds. The monoisotopic (exact) mass is 428 g/mol. The molecule has 0 heterocycles. The summed E-state index contributed by atoms with van der Waals surface area (Å²) in [5.41, 5.74) is 0.646. The standard InChI is InChI=1S/C27H24O5/c1-19(28)23-24(22-15-9-4-10-16-22)27(23,25(29)31-17-20-11-5-2-6-12-20)26(30)32-18-21-13-7-3-8-14-21/h2-16,23-24H,17-18H2,1H3/t23-,24+/m1/s1. The Balaban J connectivity index is 1.63. The number of Topliss-reactive ketones (excluding diaryl/α,β-unsaturated/α-hetero) is 1. The van der Waals surface area contributed by atoms with Gasteiger partial charge in [0.1, 0.15) is 19.0 Å². The van der Waals surface area contributed by atoms with Gasteiger partial charge in [-0.05, 0) is 23.6 Å². The maximum Gasteiger partial charge on any atom is 0.325 e. The summed E-state index contributed by atoms with van der Waals surface area (Å²) in [6, 6.07) is 27.5. The number of carbonyl (C=O) groups is 3. The Labute approximate surface area is 187 Å². The summed E-state index contributed by atoms with van der Waals surface area (Å²) < 4.78 is 11.1. The van der Waals surface area contributed by atoms with Gasteiger partial charge in [0.25, 0.3) is 0 Å². The molecule has 1 aliphatic carbocycles. The zero-order chi connectivity index (χ0) is 22.6. The second-order valence-corrected chi connectivity index (χ2v) is 7.97. The molecule has 0 radical (unpaired) electrons. The van der Waals surface area contributed by atoms with Crippen molar-refractivity contribution in [3.63, 3.8) is 0 Å². The third-order valence-corrected chi connectivity index (χ3v) is 5.90. The Morgan fingerprint density at radius 2 is 1.09 bits per heavy atom. The molecule has 0 unspecified atom stereocenters. The quantitative estimate of drug-likeness (QED) is 0.391. The van der Waals surface area contributed by atoms with E-state index in [2.05, 4.69) is 0 Å². The van der Waals surface area contributed by atoms with E-state index in [1.807, 2.05) is 91.0 Å². The number of rotatable bonds is 8. The predicted octanol–water partition coefficient (Wildman–Crippen LogP) is 4.46. The average Bonchev–Trinajstić information content (AvgIpc) is 3.55. The molecule has 1 aliphatic rings. The number of hydrogen-bond donors (Lipinski definition) is 0. The SMILES string of the molecule is CC(=O)[C@@H]1[C@H](c2ccccc2)C1(C(=O)OCc1ccccc1)C(=O)OCc1ccccc1. The molecular weight excluding hydrogens is 404 g/mol. The van der Waals surface area contributed by atoms with Crippen molar-refractivity contribution in [3.8, 4) is 0 Å². The fourth-order valence-electron chi connectivity index (χ4n) is 4.34. The van der Waals surface area contributed by atoms with E-state index in [1.165, 1.54) is 6.92 Å². The van der Waals surface area contributed by atoms with Gasteiger partial charge in [-0.1, -0.05) is 91.0 Å². The molecule has 4 rings (SSSR count). The van der Waals surface area contributed by atoms with Crippen molar-refractivity contribution in [1.29, 1.82) is 0 Å². The number of ether oxygens (including phenoxy) is 2. The third-order valence-electron chi connectivity index (χ3n) is 5.90. The minimum absolute atomic E-state index is 0.0134. The Morgan fingerprint density at radius 1 is 0.688 bits per heavy atom. The lowest BCUT2D eigenvalue weighted by Crippen LogP contribution is -2.34. The van der Waals surface area contributed by atoms with Crippen LogP contribution in [0.4, 0.5) is 0 Å². The maximum absolute atomic E-state index is 13.4. The molecule has 1 fully saturated rings. The van der Waals surface area contributed by atoms with Crippen molar-refractivity contribution in [2.75, 3.05) is 0 Å². The number of carbonyl (C=O) groups excluding carboxylic acids is 3. The van der Waals surface area contributed by atoms with Crippen molar-refractivity contribution in [3.05, 3.63) is 108 Å². The van der Waals surface area contributed by atoms with Gasteiger partial charge in [-0.25, -0.2) is 0 Å². The third kappa shape index (κ3) is 4.06. The Morgan fingerprint density at radius 3 is 1.50 bits per heavy atom.